The Labute approximate surface area is 159 Å². The van der Waals surface area contributed by atoms with Crippen LogP contribution in [0.1, 0.15) is 25.7 Å². The van der Waals surface area contributed by atoms with Crippen molar-refractivity contribution < 1.29 is 4.79 Å². The third-order valence-electron chi connectivity index (χ3n) is 4.75. The standard InChI is InChI=1S/C15H30N4O.3ClH/c1-18-9-10-19(2)14(12-18)11-17-15(20)4-3-13-5-7-16-8-6-13;;;/h13-14,16H,3-12H2,1-2H3,(H,17,20);3*1H. The van der Waals surface area contributed by atoms with Crippen LogP contribution in [-0.2, 0) is 4.79 Å². The number of amides is 1. The first-order valence-corrected chi connectivity index (χ1v) is 8.01. The van der Waals surface area contributed by atoms with Gasteiger partial charge in [-0.05, 0) is 52.4 Å². The SMILES string of the molecule is CN1CCN(C)C(CNC(=O)CCC2CCNCC2)C1.Cl.Cl.Cl. The van der Waals surface area contributed by atoms with Gasteiger partial charge in [0.2, 0.25) is 5.91 Å². The van der Waals surface area contributed by atoms with E-state index in [2.05, 4.69) is 34.5 Å². The van der Waals surface area contributed by atoms with Crippen molar-refractivity contribution in [3.05, 3.63) is 0 Å². The van der Waals surface area contributed by atoms with Gasteiger partial charge in [-0.15, -0.1) is 37.2 Å². The number of nitrogens with zero attached hydrogens (tertiary/aromatic N) is 2. The summed E-state index contributed by atoms with van der Waals surface area (Å²) in [5, 5.41) is 6.49. The van der Waals surface area contributed by atoms with Crippen LogP contribution in [0.3, 0.4) is 0 Å². The molecule has 140 valence electrons. The first-order chi connectivity index (χ1) is 9.65. The van der Waals surface area contributed by atoms with Gasteiger partial charge in [-0.3, -0.25) is 9.69 Å². The molecule has 0 radical (unpaired) electrons. The maximum absolute atomic E-state index is 12.0. The molecule has 2 saturated heterocycles. The Morgan fingerprint density at radius 1 is 1.13 bits per heavy atom. The molecule has 0 bridgehead atoms. The summed E-state index contributed by atoms with van der Waals surface area (Å²) in [6, 6.07) is 0.455. The van der Waals surface area contributed by atoms with E-state index in [-0.39, 0.29) is 43.1 Å². The van der Waals surface area contributed by atoms with Gasteiger partial charge in [0.15, 0.2) is 0 Å². The number of likely N-dealkylation sites (N-methyl/N-ethyl adjacent to an activating group) is 2. The molecule has 0 spiro atoms. The van der Waals surface area contributed by atoms with Crippen LogP contribution in [0.2, 0.25) is 0 Å². The fourth-order valence-electron chi connectivity index (χ4n) is 3.15. The van der Waals surface area contributed by atoms with Crippen LogP contribution in [0.15, 0.2) is 0 Å². The number of rotatable bonds is 5. The van der Waals surface area contributed by atoms with Crippen LogP contribution < -0.4 is 10.6 Å². The highest BCUT2D eigenvalue weighted by Crippen LogP contribution is 2.17. The van der Waals surface area contributed by atoms with E-state index in [1.54, 1.807) is 0 Å². The molecule has 8 heteroatoms. The molecule has 2 aliphatic heterocycles. The van der Waals surface area contributed by atoms with Crippen LogP contribution in [-0.4, -0.2) is 75.1 Å². The summed E-state index contributed by atoms with van der Waals surface area (Å²) in [5.41, 5.74) is 0. The van der Waals surface area contributed by atoms with Crippen LogP contribution in [0.25, 0.3) is 0 Å². The van der Waals surface area contributed by atoms with Crippen LogP contribution >= 0.6 is 37.2 Å². The molecular formula is C15H33Cl3N4O. The predicted octanol–water partition coefficient (Wildman–Crippen LogP) is 1.39. The molecule has 2 rings (SSSR count). The summed E-state index contributed by atoms with van der Waals surface area (Å²) >= 11 is 0. The minimum Gasteiger partial charge on any atom is -0.354 e. The lowest BCUT2D eigenvalue weighted by Gasteiger charge is -2.37. The summed E-state index contributed by atoms with van der Waals surface area (Å²) < 4.78 is 0. The quantitative estimate of drug-likeness (QED) is 0.743. The van der Waals surface area contributed by atoms with Crippen molar-refractivity contribution in [1.82, 2.24) is 20.4 Å². The van der Waals surface area contributed by atoms with E-state index in [9.17, 15) is 4.79 Å². The minimum absolute atomic E-state index is 0. The monoisotopic (exact) mass is 390 g/mol. The molecule has 1 atom stereocenters. The number of nitrogens with one attached hydrogen (secondary N) is 2. The summed E-state index contributed by atoms with van der Waals surface area (Å²) in [4.78, 5) is 16.7. The van der Waals surface area contributed by atoms with Crippen molar-refractivity contribution in [3.63, 3.8) is 0 Å². The van der Waals surface area contributed by atoms with Gasteiger partial charge < -0.3 is 15.5 Å². The second-order valence-electron chi connectivity index (χ2n) is 6.43. The van der Waals surface area contributed by atoms with Crippen molar-refractivity contribution in [2.75, 3.05) is 53.4 Å². The molecular weight excluding hydrogens is 359 g/mol. The molecule has 0 saturated carbocycles. The van der Waals surface area contributed by atoms with Gasteiger partial charge in [-0.1, -0.05) is 0 Å². The molecule has 1 unspecified atom stereocenters. The highest BCUT2D eigenvalue weighted by Gasteiger charge is 2.22. The second kappa shape index (κ2) is 13.5. The van der Waals surface area contributed by atoms with Gasteiger partial charge in [0.05, 0.1) is 0 Å². The van der Waals surface area contributed by atoms with E-state index in [1.807, 2.05) is 0 Å². The summed E-state index contributed by atoms with van der Waals surface area (Å²) in [6.07, 6.45) is 4.19. The maximum Gasteiger partial charge on any atom is 0.220 e. The lowest BCUT2D eigenvalue weighted by molar-refractivity contribution is -0.121. The Morgan fingerprint density at radius 2 is 1.78 bits per heavy atom. The number of halogens is 3. The van der Waals surface area contributed by atoms with Gasteiger partial charge in [0.25, 0.3) is 0 Å². The van der Waals surface area contributed by atoms with E-state index >= 15 is 0 Å². The average Bonchev–Trinajstić information content (AvgIpc) is 2.47. The zero-order valence-corrected chi connectivity index (χ0v) is 16.7. The Kier molecular flexibility index (Phi) is 14.9. The van der Waals surface area contributed by atoms with E-state index in [1.165, 1.54) is 12.8 Å². The zero-order chi connectivity index (χ0) is 14.4. The topological polar surface area (TPSA) is 47.6 Å². The highest BCUT2D eigenvalue weighted by molar-refractivity contribution is 5.86. The van der Waals surface area contributed by atoms with Crippen molar-refractivity contribution >= 4 is 43.1 Å². The smallest absolute Gasteiger partial charge is 0.220 e. The average molecular weight is 392 g/mol. The molecule has 23 heavy (non-hydrogen) atoms. The molecule has 0 aromatic carbocycles. The lowest BCUT2D eigenvalue weighted by atomic mass is 9.93. The van der Waals surface area contributed by atoms with E-state index < -0.39 is 0 Å². The fraction of sp³-hybridized carbons (Fsp3) is 0.933. The van der Waals surface area contributed by atoms with Crippen molar-refractivity contribution in [2.45, 2.75) is 31.7 Å². The van der Waals surface area contributed by atoms with Gasteiger partial charge in [0.1, 0.15) is 0 Å². The van der Waals surface area contributed by atoms with Gasteiger partial charge >= 0.3 is 0 Å². The third-order valence-corrected chi connectivity index (χ3v) is 4.75. The van der Waals surface area contributed by atoms with Gasteiger partial charge in [0, 0.05) is 38.6 Å². The van der Waals surface area contributed by atoms with Crippen molar-refractivity contribution in [2.24, 2.45) is 5.92 Å². The van der Waals surface area contributed by atoms with Crippen LogP contribution in [0.4, 0.5) is 0 Å². The first kappa shape index (κ1) is 25.5. The minimum atomic E-state index is 0. The normalized spacial score (nSPS) is 23.1. The second-order valence-corrected chi connectivity index (χ2v) is 6.43. The largest absolute Gasteiger partial charge is 0.354 e. The third kappa shape index (κ3) is 9.32. The summed E-state index contributed by atoms with van der Waals surface area (Å²) in [5.74, 6) is 0.968. The lowest BCUT2D eigenvalue weighted by Crippen LogP contribution is -2.54. The van der Waals surface area contributed by atoms with Crippen molar-refractivity contribution in [3.8, 4) is 0 Å². The van der Waals surface area contributed by atoms with E-state index in [0.717, 1.165) is 51.6 Å². The van der Waals surface area contributed by atoms with Crippen LogP contribution in [0.5, 0.6) is 0 Å². The summed E-state index contributed by atoms with van der Waals surface area (Å²) in [7, 11) is 4.30. The molecule has 1 amide bonds. The molecule has 2 N–H and O–H groups in total. The Bertz CT molecular complexity index is 317. The first-order valence-electron chi connectivity index (χ1n) is 8.01. The highest BCUT2D eigenvalue weighted by atomic mass is 35.5. The van der Waals surface area contributed by atoms with Crippen LogP contribution in [0, 0.1) is 5.92 Å². The number of hydrogen-bond acceptors (Lipinski definition) is 4. The number of piperazine rings is 1. The van der Waals surface area contributed by atoms with Gasteiger partial charge in [-0.2, -0.15) is 0 Å². The Hall–Kier alpha value is 0.220. The fourth-order valence-corrected chi connectivity index (χ4v) is 3.15. The molecule has 2 aliphatic rings. The van der Waals surface area contributed by atoms with E-state index in [0.29, 0.717) is 12.5 Å². The number of carbonyl (C=O) groups excluding carboxylic acids is 1. The zero-order valence-electron chi connectivity index (χ0n) is 14.3. The maximum atomic E-state index is 12.0. The summed E-state index contributed by atoms with van der Waals surface area (Å²) in [6.45, 7) is 6.27. The Balaban J connectivity index is 0. The predicted molar refractivity (Wildman–Crippen MR) is 103 cm³/mol. The number of piperidine rings is 1. The molecule has 0 aliphatic carbocycles. The van der Waals surface area contributed by atoms with E-state index in [4.69, 9.17) is 0 Å². The molecule has 2 heterocycles. The molecule has 2 fully saturated rings. The Morgan fingerprint density at radius 3 is 2.43 bits per heavy atom. The number of hydrogen-bond donors (Lipinski definition) is 2. The van der Waals surface area contributed by atoms with Gasteiger partial charge in [-0.25, -0.2) is 0 Å². The number of carbonyl (C=O) groups is 1. The molecule has 0 aromatic heterocycles. The molecule has 5 nitrogen and oxygen atoms in total. The van der Waals surface area contributed by atoms with Crippen molar-refractivity contribution in [1.29, 1.82) is 0 Å². The molecule has 0 aromatic rings.